The van der Waals surface area contributed by atoms with Gasteiger partial charge in [0.25, 0.3) is 0 Å². The molecular weight excluding hydrogens is 360 g/mol. The van der Waals surface area contributed by atoms with Gasteiger partial charge in [-0.25, -0.2) is 0 Å². The molecule has 28 heavy (non-hydrogen) atoms. The summed E-state index contributed by atoms with van der Waals surface area (Å²) >= 11 is 0. The summed E-state index contributed by atoms with van der Waals surface area (Å²) in [5.41, 5.74) is 0. The second kappa shape index (κ2) is 9.57. The van der Waals surface area contributed by atoms with Crippen molar-refractivity contribution in [1.29, 1.82) is 0 Å². The predicted octanol–water partition coefficient (Wildman–Crippen LogP) is 3.79. The van der Waals surface area contributed by atoms with Gasteiger partial charge in [-0.15, -0.1) is 0 Å². The minimum atomic E-state index is -0.285. The zero-order chi connectivity index (χ0) is 20.3. The molecule has 6 nitrogen and oxygen atoms in total. The Bertz CT molecular complexity index is 501. The van der Waals surface area contributed by atoms with Crippen LogP contribution in [0.5, 0.6) is 0 Å². The Balaban J connectivity index is 1.75. The van der Waals surface area contributed by atoms with Crippen LogP contribution < -0.4 is 0 Å². The van der Waals surface area contributed by atoms with Crippen molar-refractivity contribution >= 4 is 11.9 Å². The first kappa shape index (κ1) is 21.6. The fourth-order valence-corrected chi connectivity index (χ4v) is 4.58. The van der Waals surface area contributed by atoms with Crippen molar-refractivity contribution in [2.45, 2.75) is 116 Å². The molecule has 3 fully saturated rings. The first-order chi connectivity index (χ1) is 13.4. The van der Waals surface area contributed by atoms with Crippen LogP contribution in [-0.4, -0.2) is 48.6 Å². The fourth-order valence-electron chi connectivity index (χ4n) is 4.58. The Kier molecular flexibility index (Phi) is 7.37. The number of carbonyl (C=O) groups is 2. The monoisotopic (exact) mass is 396 g/mol. The van der Waals surface area contributed by atoms with E-state index in [1.54, 1.807) is 0 Å². The van der Waals surface area contributed by atoms with Crippen LogP contribution in [0.15, 0.2) is 0 Å². The third-order valence-corrected chi connectivity index (χ3v) is 6.67. The van der Waals surface area contributed by atoms with Gasteiger partial charge < -0.3 is 18.9 Å². The fraction of sp³-hybridized carbons (Fsp3) is 0.909. The van der Waals surface area contributed by atoms with E-state index in [9.17, 15) is 9.59 Å². The van der Waals surface area contributed by atoms with Gasteiger partial charge in [0.2, 0.25) is 0 Å². The molecule has 0 N–H and O–H groups in total. The summed E-state index contributed by atoms with van der Waals surface area (Å²) in [6.07, 6.45) is 5.81. The quantitative estimate of drug-likeness (QED) is 0.662. The highest BCUT2D eigenvalue weighted by Crippen LogP contribution is 2.33. The molecule has 6 heteroatoms. The maximum atomic E-state index is 12.7. The van der Waals surface area contributed by atoms with Gasteiger partial charge in [0, 0.05) is 12.8 Å². The lowest BCUT2D eigenvalue weighted by atomic mass is 9.99. The van der Waals surface area contributed by atoms with E-state index in [2.05, 4.69) is 0 Å². The first-order valence-electron chi connectivity index (χ1n) is 11.1. The SMILES string of the molecule is CCC1CC2CCC(O2)C(C)C(=O)OC(CC)CC2CCC(O2)C(C)C(=O)O1. The lowest BCUT2D eigenvalue weighted by Crippen LogP contribution is -2.35. The van der Waals surface area contributed by atoms with E-state index >= 15 is 0 Å². The minimum absolute atomic E-state index is 0.0234. The van der Waals surface area contributed by atoms with E-state index in [4.69, 9.17) is 18.9 Å². The highest BCUT2D eigenvalue weighted by molar-refractivity contribution is 5.73. The van der Waals surface area contributed by atoms with Gasteiger partial charge in [-0.2, -0.15) is 0 Å². The van der Waals surface area contributed by atoms with Crippen molar-refractivity contribution < 1.29 is 28.5 Å². The molecule has 3 aliphatic rings. The normalized spacial score (nSPS) is 42.9. The predicted molar refractivity (Wildman–Crippen MR) is 104 cm³/mol. The van der Waals surface area contributed by atoms with Gasteiger partial charge in [0.15, 0.2) is 0 Å². The van der Waals surface area contributed by atoms with Crippen LogP contribution in [0.4, 0.5) is 0 Å². The maximum absolute atomic E-state index is 12.7. The number of hydrogen-bond acceptors (Lipinski definition) is 6. The third kappa shape index (κ3) is 5.07. The first-order valence-corrected chi connectivity index (χ1v) is 11.1. The molecule has 0 aromatic rings. The van der Waals surface area contributed by atoms with Crippen LogP contribution in [-0.2, 0) is 28.5 Å². The maximum Gasteiger partial charge on any atom is 0.311 e. The summed E-state index contributed by atoms with van der Waals surface area (Å²) in [7, 11) is 0. The molecule has 0 spiro atoms. The average Bonchev–Trinajstić information content (AvgIpc) is 3.34. The van der Waals surface area contributed by atoms with Gasteiger partial charge in [-0.3, -0.25) is 9.59 Å². The Labute approximate surface area is 168 Å². The second-order valence-corrected chi connectivity index (χ2v) is 8.73. The summed E-state index contributed by atoms with van der Waals surface area (Å²) < 4.78 is 23.9. The molecule has 3 saturated heterocycles. The van der Waals surface area contributed by atoms with Crippen molar-refractivity contribution in [2.24, 2.45) is 11.8 Å². The Morgan fingerprint density at radius 2 is 1.11 bits per heavy atom. The lowest BCUT2D eigenvalue weighted by Gasteiger charge is -2.27. The number of cyclic esters (lactones) is 2. The molecule has 4 bridgehead atoms. The van der Waals surface area contributed by atoms with Gasteiger partial charge in [-0.05, 0) is 52.4 Å². The smallest absolute Gasteiger partial charge is 0.311 e. The van der Waals surface area contributed by atoms with Crippen LogP contribution in [0, 0.1) is 11.8 Å². The number of hydrogen-bond donors (Lipinski definition) is 0. The van der Waals surface area contributed by atoms with Crippen LogP contribution in [0.2, 0.25) is 0 Å². The number of carbonyl (C=O) groups excluding carboxylic acids is 2. The molecule has 8 unspecified atom stereocenters. The number of fused-ring (bicyclic) bond motifs is 4. The second-order valence-electron chi connectivity index (χ2n) is 8.73. The van der Waals surface area contributed by atoms with Crippen molar-refractivity contribution in [2.75, 3.05) is 0 Å². The van der Waals surface area contributed by atoms with E-state index in [-0.39, 0.29) is 60.4 Å². The standard InChI is InChI=1S/C22H36O6/c1-5-15-11-17-7-9-20(25-17)14(4)22(24)28-16(6-2)12-18-8-10-19(26-18)13(3)21(23)27-15/h13-20H,5-12H2,1-4H3. The van der Waals surface area contributed by atoms with Crippen molar-refractivity contribution in [3.05, 3.63) is 0 Å². The summed E-state index contributed by atoms with van der Waals surface area (Å²) in [4.78, 5) is 25.3. The summed E-state index contributed by atoms with van der Waals surface area (Å²) in [6, 6.07) is 0. The number of rotatable bonds is 2. The average molecular weight is 397 g/mol. The lowest BCUT2D eigenvalue weighted by molar-refractivity contribution is -0.164. The largest absolute Gasteiger partial charge is 0.462 e. The minimum Gasteiger partial charge on any atom is -0.462 e. The molecule has 0 radical (unpaired) electrons. The molecule has 0 aromatic heterocycles. The number of esters is 2. The molecule has 8 atom stereocenters. The van der Waals surface area contributed by atoms with E-state index in [0.717, 1.165) is 38.5 Å². The molecule has 3 rings (SSSR count). The molecule has 3 heterocycles. The van der Waals surface area contributed by atoms with Crippen LogP contribution in [0.3, 0.4) is 0 Å². The van der Waals surface area contributed by atoms with E-state index in [0.29, 0.717) is 12.8 Å². The van der Waals surface area contributed by atoms with Crippen molar-refractivity contribution in [3.63, 3.8) is 0 Å². The molecule has 0 saturated carbocycles. The van der Waals surface area contributed by atoms with E-state index in [1.165, 1.54) is 0 Å². The van der Waals surface area contributed by atoms with E-state index < -0.39 is 0 Å². The summed E-state index contributed by atoms with van der Waals surface area (Å²) in [5, 5.41) is 0. The molecule has 160 valence electrons. The van der Waals surface area contributed by atoms with Crippen LogP contribution >= 0.6 is 0 Å². The molecular formula is C22H36O6. The summed E-state index contributed by atoms with van der Waals surface area (Å²) in [6.45, 7) is 7.85. The highest BCUT2D eigenvalue weighted by atomic mass is 16.6. The highest BCUT2D eigenvalue weighted by Gasteiger charge is 2.39. The van der Waals surface area contributed by atoms with E-state index in [1.807, 2.05) is 27.7 Å². The van der Waals surface area contributed by atoms with Crippen LogP contribution in [0.1, 0.15) is 79.1 Å². The Hall–Kier alpha value is -1.14. The molecule has 0 aliphatic carbocycles. The third-order valence-electron chi connectivity index (χ3n) is 6.67. The zero-order valence-electron chi connectivity index (χ0n) is 17.7. The Morgan fingerprint density at radius 1 is 0.714 bits per heavy atom. The van der Waals surface area contributed by atoms with Gasteiger partial charge >= 0.3 is 11.9 Å². The van der Waals surface area contributed by atoms with Gasteiger partial charge in [0.1, 0.15) is 12.2 Å². The topological polar surface area (TPSA) is 71.1 Å². The summed E-state index contributed by atoms with van der Waals surface area (Å²) in [5.74, 6) is -0.921. The zero-order valence-corrected chi connectivity index (χ0v) is 17.7. The molecule has 3 aliphatic heterocycles. The van der Waals surface area contributed by atoms with Crippen LogP contribution in [0.25, 0.3) is 0 Å². The van der Waals surface area contributed by atoms with Gasteiger partial charge in [0.05, 0.1) is 36.3 Å². The molecule has 0 aromatic carbocycles. The van der Waals surface area contributed by atoms with Crippen molar-refractivity contribution in [1.82, 2.24) is 0 Å². The van der Waals surface area contributed by atoms with Gasteiger partial charge in [-0.1, -0.05) is 13.8 Å². The molecule has 0 amide bonds. The van der Waals surface area contributed by atoms with Crippen molar-refractivity contribution in [3.8, 4) is 0 Å². The Morgan fingerprint density at radius 3 is 1.46 bits per heavy atom. The number of ether oxygens (including phenoxy) is 4.